The van der Waals surface area contributed by atoms with Gasteiger partial charge in [-0.25, -0.2) is 0 Å². The van der Waals surface area contributed by atoms with Crippen molar-refractivity contribution in [3.8, 4) is 0 Å². The number of hydrogen-bond acceptors (Lipinski definition) is 2. The molecular weight excluding hydrogens is 202 g/mol. The Morgan fingerprint density at radius 2 is 2.00 bits per heavy atom. The number of nitrogens with one attached hydrogen (secondary N) is 1. The molecule has 1 aromatic rings. The zero-order valence-electron chi connectivity index (χ0n) is 7.63. The Labute approximate surface area is 89.9 Å². The van der Waals surface area contributed by atoms with Crippen molar-refractivity contribution in [2.75, 3.05) is 12.8 Å². The van der Waals surface area contributed by atoms with Crippen LogP contribution in [0.4, 0.5) is 0 Å². The highest BCUT2D eigenvalue weighted by Crippen LogP contribution is 2.19. The van der Waals surface area contributed by atoms with Gasteiger partial charge in [0, 0.05) is 11.1 Å². The van der Waals surface area contributed by atoms with Crippen molar-refractivity contribution in [1.82, 2.24) is 5.32 Å². The van der Waals surface area contributed by atoms with Gasteiger partial charge in [-0.3, -0.25) is 0 Å². The summed E-state index contributed by atoms with van der Waals surface area (Å²) in [6, 6.07) is 8.31. The van der Waals surface area contributed by atoms with Crippen molar-refractivity contribution >= 4 is 24.2 Å². The lowest BCUT2D eigenvalue weighted by atomic mass is 10.1. The number of hydrogen-bond donors (Lipinski definition) is 2. The molecule has 0 aliphatic heterocycles. The van der Waals surface area contributed by atoms with Crippen LogP contribution in [-0.2, 0) is 0 Å². The minimum atomic E-state index is 0.384. The molecule has 0 saturated carbocycles. The van der Waals surface area contributed by atoms with Crippen molar-refractivity contribution in [3.05, 3.63) is 34.9 Å². The zero-order chi connectivity index (χ0) is 9.68. The Bertz CT molecular complexity index is 248. The van der Waals surface area contributed by atoms with E-state index in [0.717, 1.165) is 17.2 Å². The van der Waals surface area contributed by atoms with E-state index in [-0.39, 0.29) is 0 Å². The van der Waals surface area contributed by atoms with E-state index in [1.54, 1.807) is 0 Å². The van der Waals surface area contributed by atoms with Gasteiger partial charge in [0.1, 0.15) is 0 Å². The van der Waals surface area contributed by atoms with Gasteiger partial charge in [-0.2, -0.15) is 12.6 Å². The fraction of sp³-hybridized carbons (Fsp3) is 0.400. The second-order valence-corrected chi connectivity index (χ2v) is 3.79. The summed E-state index contributed by atoms with van der Waals surface area (Å²) in [7, 11) is 1.96. The highest BCUT2D eigenvalue weighted by molar-refractivity contribution is 7.80. The normalized spacial score (nSPS) is 12.8. The van der Waals surface area contributed by atoms with E-state index in [0.29, 0.717) is 6.04 Å². The molecule has 0 saturated heterocycles. The Hall–Kier alpha value is -0.180. The van der Waals surface area contributed by atoms with Crippen LogP contribution < -0.4 is 5.32 Å². The molecule has 3 heteroatoms. The van der Waals surface area contributed by atoms with E-state index >= 15 is 0 Å². The standard InChI is InChI=1S/C10H14ClNS/c1-12-10(6-7-13)8-2-4-9(11)5-3-8/h2-5,10,12-13H,6-7H2,1H3. The van der Waals surface area contributed by atoms with Crippen LogP contribution in [0.25, 0.3) is 0 Å². The van der Waals surface area contributed by atoms with Crippen LogP contribution in [0.5, 0.6) is 0 Å². The van der Waals surface area contributed by atoms with Gasteiger partial charge in [-0.15, -0.1) is 0 Å². The Kier molecular flexibility index (Phi) is 4.64. The van der Waals surface area contributed by atoms with Crippen molar-refractivity contribution < 1.29 is 0 Å². The second kappa shape index (κ2) is 5.53. The molecule has 0 bridgehead atoms. The Balaban J connectivity index is 2.73. The molecule has 1 atom stereocenters. The lowest BCUT2D eigenvalue weighted by Gasteiger charge is -2.15. The topological polar surface area (TPSA) is 12.0 Å². The van der Waals surface area contributed by atoms with Crippen LogP contribution in [0.2, 0.25) is 5.02 Å². The number of rotatable bonds is 4. The predicted octanol–water partition coefficient (Wildman–Crippen LogP) is 2.92. The number of halogens is 1. The van der Waals surface area contributed by atoms with Crippen molar-refractivity contribution in [3.63, 3.8) is 0 Å². The van der Waals surface area contributed by atoms with Gasteiger partial charge in [0.05, 0.1) is 0 Å². The predicted molar refractivity (Wildman–Crippen MR) is 61.7 cm³/mol. The molecule has 1 N–H and O–H groups in total. The molecule has 0 heterocycles. The molecule has 0 aromatic heterocycles. The van der Waals surface area contributed by atoms with E-state index in [1.807, 2.05) is 31.3 Å². The molecule has 1 aromatic carbocycles. The third-order valence-corrected chi connectivity index (χ3v) is 2.55. The van der Waals surface area contributed by atoms with E-state index in [9.17, 15) is 0 Å². The molecule has 0 aliphatic carbocycles. The Morgan fingerprint density at radius 1 is 1.38 bits per heavy atom. The molecular formula is C10H14ClNS. The molecule has 1 rings (SSSR count). The average molecular weight is 216 g/mol. The minimum absolute atomic E-state index is 0.384. The highest BCUT2D eigenvalue weighted by Gasteiger charge is 2.06. The second-order valence-electron chi connectivity index (χ2n) is 2.91. The lowest BCUT2D eigenvalue weighted by Crippen LogP contribution is -2.16. The first-order valence-corrected chi connectivity index (χ1v) is 5.32. The van der Waals surface area contributed by atoms with Gasteiger partial charge in [0.25, 0.3) is 0 Å². The van der Waals surface area contributed by atoms with Crippen LogP contribution >= 0.6 is 24.2 Å². The Morgan fingerprint density at radius 3 is 2.46 bits per heavy atom. The van der Waals surface area contributed by atoms with Crippen LogP contribution in [0, 0.1) is 0 Å². The van der Waals surface area contributed by atoms with Gasteiger partial charge < -0.3 is 5.32 Å². The molecule has 0 aliphatic rings. The van der Waals surface area contributed by atoms with Gasteiger partial charge in [0.2, 0.25) is 0 Å². The zero-order valence-corrected chi connectivity index (χ0v) is 9.28. The van der Waals surface area contributed by atoms with E-state index in [1.165, 1.54) is 5.56 Å². The molecule has 0 amide bonds. The lowest BCUT2D eigenvalue weighted by molar-refractivity contribution is 0.582. The maximum atomic E-state index is 5.80. The van der Waals surface area contributed by atoms with Crippen LogP contribution in [0.15, 0.2) is 24.3 Å². The molecule has 1 unspecified atom stereocenters. The SMILES string of the molecule is CNC(CCS)c1ccc(Cl)cc1. The summed E-state index contributed by atoms with van der Waals surface area (Å²) in [6.07, 6.45) is 1.03. The molecule has 0 fully saturated rings. The van der Waals surface area contributed by atoms with Gasteiger partial charge in [-0.1, -0.05) is 23.7 Å². The summed E-state index contributed by atoms with van der Waals surface area (Å²) in [5, 5.41) is 4.03. The largest absolute Gasteiger partial charge is 0.313 e. The maximum Gasteiger partial charge on any atom is 0.0406 e. The fourth-order valence-electron chi connectivity index (χ4n) is 1.30. The quantitative estimate of drug-likeness (QED) is 0.737. The van der Waals surface area contributed by atoms with E-state index in [4.69, 9.17) is 11.6 Å². The van der Waals surface area contributed by atoms with Crippen LogP contribution in [0.1, 0.15) is 18.0 Å². The molecule has 1 nitrogen and oxygen atoms in total. The molecule has 0 spiro atoms. The van der Waals surface area contributed by atoms with Gasteiger partial charge in [-0.05, 0) is 36.9 Å². The maximum absolute atomic E-state index is 5.80. The smallest absolute Gasteiger partial charge is 0.0406 e. The van der Waals surface area contributed by atoms with Crippen molar-refractivity contribution in [2.24, 2.45) is 0 Å². The highest BCUT2D eigenvalue weighted by atomic mass is 35.5. The van der Waals surface area contributed by atoms with Crippen molar-refractivity contribution in [2.45, 2.75) is 12.5 Å². The third-order valence-electron chi connectivity index (χ3n) is 2.04. The summed E-state index contributed by atoms with van der Waals surface area (Å²) in [6.45, 7) is 0. The third kappa shape index (κ3) is 3.22. The fourth-order valence-corrected chi connectivity index (χ4v) is 1.69. The van der Waals surface area contributed by atoms with Crippen LogP contribution in [-0.4, -0.2) is 12.8 Å². The summed E-state index contributed by atoms with van der Waals surface area (Å²) >= 11 is 10.0. The number of benzene rings is 1. The molecule has 72 valence electrons. The van der Waals surface area contributed by atoms with Crippen LogP contribution in [0.3, 0.4) is 0 Å². The average Bonchev–Trinajstić information content (AvgIpc) is 2.16. The van der Waals surface area contributed by atoms with E-state index < -0.39 is 0 Å². The monoisotopic (exact) mass is 215 g/mol. The van der Waals surface area contributed by atoms with Gasteiger partial charge in [0.15, 0.2) is 0 Å². The van der Waals surface area contributed by atoms with E-state index in [2.05, 4.69) is 17.9 Å². The summed E-state index contributed by atoms with van der Waals surface area (Å²) in [4.78, 5) is 0. The van der Waals surface area contributed by atoms with Crippen molar-refractivity contribution in [1.29, 1.82) is 0 Å². The number of thiol groups is 1. The first kappa shape index (κ1) is 10.9. The first-order valence-electron chi connectivity index (χ1n) is 4.31. The molecule has 0 radical (unpaired) electrons. The summed E-state index contributed by atoms with van der Waals surface area (Å²) < 4.78 is 0. The first-order chi connectivity index (χ1) is 6.27. The van der Waals surface area contributed by atoms with Gasteiger partial charge >= 0.3 is 0 Å². The minimum Gasteiger partial charge on any atom is -0.313 e. The summed E-state index contributed by atoms with van der Waals surface area (Å²) in [5.41, 5.74) is 1.26. The summed E-state index contributed by atoms with van der Waals surface area (Å²) in [5.74, 6) is 0.883. The molecule has 13 heavy (non-hydrogen) atoms.